The molecule has 0 spiro atoms. The first-order chi connectivity index (χ1) is 11.5. The van der Waals surface area contributed by atoms with Crippen molar-refractivity contribution >= 4 is 27.5 Å². The predicted molar refractivity (Wildman–Crippen MR) is 103 cm³/mol. The molecule has 0 atom stereocenters. The summed E-state index contributed by atoms with van der Waals surface area (Å²) >= 11 is 9.52. The minimum absolute atomic E-state index is 0.431. The zero-order valence-corrected chi connectivity index (χ0v) is 16.6. The molecule has 0 unspecified atom stereocenters. The molecule has 0 amide bonds. The standard InChI is InChI=1S/C19H23BrClNO2/c1-4-23-18-10-15(11-22-13(2)3)9-17(20)19(18)24-12-14-5-7-16(21)8-6-14/h5-10,13,22H,4,11-12H2,1-3H3. The summed E-state index contributed by atoms with van der Waals surface area (Å²) in [4.78, 5) is 0. The van der Waals surface area contributed by atoms with E-state index in [1.54, 1.807) is 0 Å². The van der Waals surface area contributed by atoms with E-state index in [1.165, 1.54) is 0 Å². The van der Waals surface area contributed by atoms with Gasteiger partial charge >= 0.3 is 0 Å². The minimum atomic E-state index is 0.431. The molecule has 0 heterocycles. The average Bonchev–Trinajstić information content (AvgIpc) is 2.54. The van der Waals surface area contributed by atoms with Gasteiger partial charge in [-0.1, -0.05) is 37.6 Å². The van der Waals surface area contributed by atoms with Crippen LogP contribution in [0.3, 0.4) is 0 Å². The second-order valence-corrected chi connectivity index (χ2v) is 7.08. The van der Waals surface area contributed by atoms with Gasteiger partial charge in [0.1, 0.15) is 6.61 Å². The Balaban J connectivity index is 2.16. The number of hydrogen-bond donors (Lipinski definition) is 1. The third-order valence-corrected chi connectivity index (χ3v) is 4.22. The van der Waals surface area contributed by atoms with Crippen LogP contribution in [0.15, 0.2) is 40.9 Å². The predicted octanol–water partition coefficient (Wildman–Crippen LogP) is 5.58. The third kappa shape index (κ3) is 5.69. The number of halogens is 2. The Morgan fingerprint density at radius 3 is 2.42 bits per heavy atom. The summed E-state index contributed by atoms with van der Waals surface area (Å²) < 4.78 is 12.7. The van der Waals surface area contributed by atoms with Crippen molar-refractivity contribution in [3.63, 3.8) is 0 Å². The van der Waals surface area contributed by atoms with Gasteiger partial charge in [0.2, 0.25) is 0 Å². The van der Waals surface area contributed by atoms with Crippen LogP contribution in [0.1, 0.15) is 31.9 Å². The Morgan fingerprint density at radius 2 is 1.79 bits per heavy atom. The summed E-state index contributed by atoms with van der Waals surface area (Å²) in [7, 11) is 0. The fourth-order valence-corrected chi connectivity index (χ4v) is 2.91. The van der Waals surface area contributed by atoms with Gasteiger partial charge in [-0.05, 0) is 58.2 Å². The number of hydrogen-bond acceptors (Lipinski definition) is 3. The molecular formula is C19H23BrClNO2. The number of nitrogens with one attached hydrogen (secondary N) is 1. The molecule has 24 heavy (non-hydrogen) atoms. The summed E-state index contributed by atoms with van der Waals surface area (Å²) in [5.41, 5.74) is 2.21. The van der Waals surface area contributed by atoms with Crippen molar-refractivity contribution in [1.29, 1.82) is 0 Å². The van der Waals surface area contributed by atoms with Gasteiger partial charge in [0.05, 0.1) is 11.1 Å². The van der Waals surface area contributed by atoms with Crippen LogP contribution in [0, 0.1) is 0 Å². The maximum Gasteiger partial charge on any atom is 0.175 e. The molecule has 0 bridgehead atoms. The van der Waals surface area contributed by atoms with Crippen LogP contribution in [0.5, 0.6) is 11.5 Å². The molecule has 0 aliphatic heterocycles. The monoisotopic (exact) mass is 411 g/mol. The van der Waals surface area contributed by atoms with E-state index in [0.717, 1.165) is 38.7 Å². The zero-order valence-electron chi connectivity index (χ0n) is 14.2. The van der Waals surface area contributed by atoms with Gasteiger partial charge in [0.25, 0.3) is 0 Å². The molecule has 0 aliphatic rings. The van der Waals surface area contributed by atoms with E-state index >= 15 is 0 Å². The molecule has 0 saturated heterocycles. The summed E-state index contributed by atoms with van der Waals surface area (Å²) in [5.74, 6) is 1.47. The summed E-state index contributed by atoms with van der Waals surface area (Å²) in [6.45, 7) is 8.05. The zero-order chi connectivity index (χ0) is 17.5. The van der Waals surface area contributed by atoms with Crippen molar-refractivity contribution in [2.24, 2.45) is 0 Å². The van der Waals surface area contributed by atoms with Gasteiger partial charge in [-0.15, -0.1) is 0 Å². The van der Waals surface area contributed by atoms with Crippen molar-refractivity contribution in [2.75, 3.05) is 6.61 Å². The van der Waals surface area contributed by atoms with Crippen LogP contribution in [-0.4, -0.2) is 12.6 Å². The lowest BCUT2D eigenvalue weighted by molar-refractivity contribution is 0.267. The van der Waals surface area contributed by atoms with Crippen LogP contribution >= 0.6 is 27.5 Å². The van der Waals surface area contributed by atoms with E-state index in [1.807, 2.05) is 37.3 Å². The van der Waals surface area contributed by atoms with Crippen LogP contribution in [0.2, 0.25) is 5.02 Å². The second-order valence-electron chi connectivity index (χ2n) is 5.79. The largest absolute Gasteiger partial charge is 0.490 e. The van der Waals surface area contributed by atoms with Gasteiger partial charge < -0.3 is 14.8 Å². The highest BCUT2D eigenvalue weighted by Gasteiger charge is 2.13. The van der Waals surface area contributed by atoms with Gasteiger partial charge in [0.15, 0.2) is 11.5 Å². The first-order valence-corrected chi connectivity index (χ1v) is 9.22. The molecule has 2 aromatic rings. The van der Waals surface area contributed by atoms with Crippen LogP contribution in [-0.2, 0) is 13.2 Å². The van der Waals surface area contributed by atoms with E-state index in [-0.39, 0.29) is 0 Å². The van der Waals surface area contributed by atoms with E-state index in [0.29, 0.717) is 19.3 Å². The Labute approximate surface area is 157 Å². The molecule has 0 fully saturated rings. The maximum absolute atomic E-state index is 5.99. The highest BCUT2D eigenvalue weighted by Crippen LogP contribution is 2.37. The Bertz CT molecular complexity index is 659. The van der Waals surface area contributed by atoms with E-state index < -0.39 is 0 Å². The number of ether oxygens (including phenoxy) is 2. The number of rotatable bonds is 8. The van der Waals surface area contributed by atoms with Gasteiger partial charge in [-0.2, -0.15) is 0 Å². The van der Waals surface area contributed by atoms with Gasteiger partial charge in [-0.25, -0.2) is 0 Å². The molecule has 5 heteroatoms. The molecule has 3 nitrogen and oxygen atoms in total. The quantitative estimate of drug-likeness (QED) is 0.614. The van der Waals surface area contributed by atoms with Crippen LogP contribution < -0.4 is 14.8 Å². The molecule has 1 N–H and O–H groups in total. The van der Waals surface area contributed by atoms with Crippen LogP contribution in [0.25, 0.3) is 0 Å². The van der Waals surface area contributed by atoms with Crippen molar-refractivity contribution in [1.82, 2.24) is 5.32 Å². The highest BCUT2D eigenvalue weighted by molar-refractivity contribution is 9.10. The molecule has 2 aromatic carbocycles. The highest BCUT2D eigenvalue weighted by atomic mass is 79.9. The number of benzene rings is 2. The second kappa shape index (κ2) is 9.30. The summed E-state index contributed by atoms with van der Waals surface area (Å²) in [6.07, 6.45) is 0. The van der Waals surface area contributed by atoms with E-state index in [4.69, 9.17) is 21.1 Å². The van der Waals surface area contributed by atoms with Gasteiger partial charge in [0, 0.05) is 17.6 Å². The summed E-state index contributed by atoms with van der Waals surface area (Å²) in [5, 5.41) is 4.13. The molecule has 0 aliphatic carbocycles. The van der Waals surface area contributed by atoms with Crippen molar-refractivity contribution in [3.05, 3.63) is 57.0 Å². The van der Waals surface area contributed by atoms with E-state index in [2.05, 4.69) is 41.2 Å². The molecule has 130 valence electrons. The van der Waals surface area contributed by atoms with E-state index in [9.17, 15) is 0 Å². The normalized spacial score (nSPS) is 10.9. The fraction of sp³-hybridized carbons (Fsp3) is 0.368. The maximum atomic E-state index is 5.99. The van der Waals surface area contributed by atoms with Crippen molar-refractivity contribution < 1.29 is 9.47 Å². The molecular weight excluding hydrogens is 390 g/mol. The first-order valence-electron chi connectivity index (χ1n) is 8.05. The molecule has 2 rings (SSSR count). The fourth-order valence-electron chi connectivity index (χ4n) is 2.18. The van der Waals surface area contributed by atoms with Gasteiger partial charge in [-0.3, -0.25) is 0 Å². The lowest BCUT2D eigenvalue weighted by Gasteiger charge is -2.16. The smallest absolute Gasteiger partial charge is 0.175 e. The van der Waals surface area contributed by atoms with Crippen molar-refractivity contribution in [2.45, 2.75) is 40.0 Å². The Hall–Kier alpha value is -1.23. The molecule has 0 aromatic heterocycles. The Kier molecular flexibility index (Phi) is 7.40. The summed E-state index contributed by atoms with van der Waals surface area (Å²) in [6, 6.07) is 12.2. The van der Waals surface area contributed by atoms with Crippen molar-refractivity contribution in [3.8, 4) is 11.5 Å². The minimum Gasteiger partial charge on any atom is -0.490 e. The molecule has 0 radical (unpaired) electrons. The lowest BCUT2D eigenvalue weighted by Crippen LogP contribution is -2.21. The first kappa shape index (κ1) is 19.1. The average molecular weight is 413 g/mol. The van der Waals surface area contributed by atoms with Crippen LogP contribution in [0.4, 0.5) is 0 Å². The lowest BCUT2D eigenvalue weighted by atomic mass is 10.2. The topological polar surface area (TPSA) is 30.5 Å². The Morgan fingerprint density at radius 1 is 1.08 bits per heavy atom. The third-order valence-electron chi connectivity index (χ3n) is 3.38. The molecule has 0 saturated carbocycles. The SMILES string of the molecule is CCOc1cc(CNC(C)C)cc(Br)c1OCc1ccc(Cl)cc1.